The van der Waals surface area contributed by atoms with Crippen molar-refractivity contribution in [1.82, 2.24) is 15.2 Å². The number of nitrogens with one attached hydrogen (secondary N) is 1. The minimum absolute atomic E-state index is 0.307. The third-order valence-electron chi connectivity index (χ3n) is 3.64. The van der Waals surface area contributed by atoms with E-state index in [1.807, 2.05) is 12.3 Å². The van der Waals surface area contributed by atoms with Crippen LogP contribution in [-0.4, -0.2) is 36.1 Å². The summed E-state index contributed by atoms with van der Waals surface area (Å²) in [7, 11) is 2.17. The summed E-state index contributed by atoms with van der Waals surface area (Å²) in [5.41, 5.74) is 1.45. The number of aromatic nitrogens is 1. The topological polar surface area (TPSA) is 28.2 Å². The van der Waals surface area contributed by atoms with E-state index in [0.717, 1.165) is 25.3 Å². The van der Waals surface area contributed by atoms with Crippen LogP contribution in [0.3, 0.4) is 0 Å². The van der Waals surface area contributed by atoms with Crippen LogP contribution in [0.4, 0.5) is 0 Å². The predicted molar refractivity (Wildman–Crippen MR) is 86.7 cm³/mol. The maximum absolute atomic E-state index is 4.39. The second kappa shape index (κ2) is 8.38. The summed E-state index contributed by atoms with van der Waals surface area (Å²) in [4.78, 5) is 6.74. The highest BCUT2D eigenvalue weighted by molar-refractivity contribution is 5.03. The fraction of sp³-hybridized carbons (Fsp3) is 0.706. The van der Waals surface area contributed by atoms with Crippen LogP contribution in [0.1, 0.15) is 46.2 Å². The molecule has 0 saturated carbocycles. The number of hydrogen-bond donors (Lipinski definition) is 1. The van der Waals surface area contributed by atoms with Crippen molar-refractivity contribution in [3.05, 3.63) is 30.1 Å². The van der Waals surface area contributed by atoms with Crippen LogP contribution in [0.5, 0.6) is 0 Å². The minimum Gasteiger partial charge on any atom is -0.313 e. The van der Waals surface area contributed by atoms with Crippen LogP contribution in [-0.2, 0) is 6.54 Å². The van der Waals surface area contributed by atoms with E-state index >= 15 is 0 Å². The number of hydrogen-bond acceptors (Lipinski definition) is 3. The molecule has 0 saturated heterocycles. The lowest BCUT2D eigenvalue weighted by Gasteiger charge is -2.33. The Morgan fingerprint density at radius 3 is 2.60 bits per heavy atom. The van der Waals surface area contributed by atoms with E-state index in [2.05, 4.69) is 62.1 Å². The Labute approximate surface area is 124 Å². The zero-order chi connectivity index (χ0) is 15.0. The van der Waals surface area contributed by atoms with Crippen LogP contribution in [0.25, 0.3) is 0 Å². The quantitative estimate of drug-likeness (QED) is 0.790. The summed E-state index contributed by atoms with van der Waals surface area (Å²) in [5.74, 6) is 0. The molecule has 0 spiro atoms. The van der Waals surface area contributed by atoms with Gasteiger partial charge in [-0.05, 0) is 50.5 Å². The molecule has 0 radical (unpaired) electrons. The molecule has 20 heavy (non-hydrogen) atoms. The van der Waals surface area contributed by atoms with Gasteiger partial charge in [-0.2, -0.15) is 0 Å². The average molecular weight is 277 g/mol. The molecule has 0 bridgehead atoms. The molecular formula is C17H31N3. The van der Waals surface area contributed by atoms with E-state index in [9.17, 15) is 0 Å². The maximum Gasteiger partial charge on any atom is 0.0543 e. The molecule has 1 aromatic rings. The van der Waals surface area contributed by atoms with Crippen molar-refractivity contribution in [1.29, 1.82) is 0 Å². The Bertz CT molecular complexity index is 356. The van der Waals surface area contributed by atoms with Gasteiger partial charge in [0.25, 0.3) is 0 Å². The Balaban J connectivity index is 2.42. The molecule has 114 valence electrons. The highest BCUT2D eigenvalue weighted by atomic mass is 15.1. The van der Waals surface area contributed by atoms with Crippen LogP contribution in [0.2, 0.25) is 0 Å². The van der Waals surface area contributed by atoms with Crippen molar-refractivity contribution in [3.8, 4) is 0 Å². The Morgan fingerprint density at radius 1 is 1.30 bits per heavy atom. The molecule has 1 N–H and O–H groups in total. The van der Waals surface area contributed by atoms with E-state index in [4.69, 9.17) is 0 Å². The molecule has 3 nitrogen and oxygen atoms in total. The minimum atomic E-state index is 0.307. The van der Waals surface area contributed by atoms with E-state index in [-0.39, 0.29) is 0 Å². The smallest absolute Gasteiger partial charge is 0.0543 e. The first-order valence-electron chi connectivity index (χ1n) is 7.75. The van der Waals surface area contributed by atoms with Crippen molar-refractivity contribution in [2.45, 2.75) is 53.1 Å². The van der Waals surface area contributed by atoms with Gasteiger partial charge < -0.3 is 10.2 Å². The fourth-order valence-electron chi connectivity index (χ4n) is 2.36. The molecule has 1 unspecified atom stereocenters. The summed E-state index contributed by atoms with van der Waals surface area (Å²) in [6.07, 6.45) is 4.23. The van der Waals surface area contributed by atoms with E-state index in [1.165, 1.54) is 12.8 Å². The highest BCUT2D eigenvalue weighted by Gasteiger charge is 2.23. The first-order valence-corrected chi connectivity index (χ1v) is 7.75. The Kier molecular flexibility index (Phi) is 7.17. The molecule has 3 heteroatoms. The van der Waals surface area contributed by atoms with Gasteiger partial charge in [-0.3, -0.25) is 4.98 Å². The van der Waals surface area contributed by atoms with Crippen LogP contribution >= 0.6 is 0 Å². The average Bonchev–Trinajstić information content (AvgIpc) is 2.38. The molecule has 0 aliphatic heterocycles. The molecule has 1 rings (SSSR count). The fourth-order valence-corrected chi connectivity index (χ4v) is 2.36. The summed E-state index contributed by atoms with van der Waals surface area (Å²) < 4.78 is 0. The summed E-state index contributed by atoms with van der Waals surface area (Å²) >= 11 is 0. The van der Waals surface area contributed by atoms with Gasteiger partial charge >= 0.3 is 0 Å². The van der Waals surface area contributed by atoms with E-state index < -0.39 is 0 Å². The second-order valence-electron chi connectivity index (χ2n) is 6.72. The summed E-state index contributed by atoms with van der Waals surface area (Å²) in [6.45, 7) is 12.3. The lowest BCUT2D eigenvalue weighted by atomic mass is 9.84. The van der Waals surface area contributed by atoms with Gasteiger partial charge in [-0.15, -0.1) is 0 Å². The lowest BCUT2D eigenvalue weighted by molar-refractivity contribution is 0.218. The SMILES string of the molecule is CCCNC(CCN(C)Cc1ccccn1)C(C)(C)C. The van der Waals surface area contributed by atoms with Crippen LogP contribution in [0.15, 0.2) is 24.4 Å². The van der Waals surface area contributed by atoms with Gasteiger partial charge in [0.2, 0.25) is 0 Å². The van der Waals surface area contributed by atoms with Crippen molar-refractivity contribution in [2.24, 2.45) is 5.41 Å². The van der Waals surface area contributed by atoms with E-state index in [1.54, 1.807) is 0 Å². The van der Waals surface area contributed by atoms with E-state index in [0.29, 0.717) is 11.5 Å². The monoisotopic (exact) mass is 277 g/mol. The maximum atomic E-state index is 4.39. The van der Waals surface area contributed by atoms with Gasteiger partial charge in [0.05, 0.1) is 5.69 Å². The first-order chi connectivity index (χ1) is 9.43. The highest BCUT2D eigenvalue weighted by Crippen LogP contribution is 2.22. The van der Waals surface area contributed by atoms with Crippen LogP contribution < -0.4 is 5.32 Å². The van der Waals surface area contributed by atoms with Gasteiger partial charge in [-0.25, -0.2) is 0 Å². The van der Waals surface area contributed by atoms with Gasteiger partial charge in [0.15, 0.2) is 0 Å². The molecule has 1 heterocycles. The molecule has 0 aliphatic rings. The second-order valence-corrected chi connectivity index (χ2v) is 6.72. The van der Waals surface area contributed by atoms with Crippen molar-refractivity contribution in [2.75, 3.05) is 20.1 Å². The molecule has 0 aromatic carbocycles. The third kappa shape index (κ3) is 6.49. The number of nitrogens with zero attached hydrogens (tertiary/aromatic N) is 2. The largest absolute Gasteiger partial charge is 0.313 e. The Morgan fingerprint density at radius 2 is 2.05 bits per heavy atom. The molecular weight excluding hydrogens is 246 g/mol. The zero-order valence-electron chi connectivity index (χ0n) is 13.8. The summed E-state index contributed by atoms with van der Waals surface area (Å²) in [5, 5.41) is 3.69. The first kappa shape index (κ1) is 17.1. The summed E-state index contributed by atoms with van der Waals surface area (Å²) in [6, 6.07) is 6.67. The van der Waals surface area contributed by atoms with Gasteiger partial charge in [0, 0.05) is 18.8 Å². The van der Waals surface area contributed by atoms with Gasteiger partial charge in [-0.1, -0.05) is 33.8 Å². The number of rotatable bonds is 8. The van der Waals surface area contributed by atoms with Gasteiger partial charge in [0.1, 0.15) is 0 Å². The lowest BCUT2D eigenvalue weighted by Crippen LogP contribution is -2.42. The standard InChI is InChI=1S/C17H31N3/c1-6-11-19-16(17(2,3)4)10-13-20(5)14-15-9-7-8-12-18-15/h7-9,12,16,19H,6,10-11,13-14H2,1-5H3. The predicted octanol–water partition coefficient (Wildman–Crippen LogP) is 3.32. The molecule has 0 amide bonds. The van der Waals surface area contributed by atoms with Crippen molar-refractivity contribution >= 4 is 0 Å². The van der Waals surface area contributed by atoms with Crippen molar-refractivity contribution in [3.63, 3.8) is 0 Å². The molecule has 1 aromatic heterocycles. The normalized spacial score (nSPS) is 13.7. The van der Waals surface area contributed by atoms with Crippen molar-refractivity contribution < 1.29 is 0 Å². The zero-order valence-corrected chi connectivity index (χ0v) is 13.8. The molecule has 0 fully saturated rings. The molecule has 1 atom stereocenters. The Hall–Kier alpha value is -0.930. The van der Waals surface area contributed by atoms with Crippen LogP contribution in [0, 0.1) is 5.41 Å². The third-order valence-corrected chi connectivity index (χ3v) is 3.64. The molecule has 0 aliphatic carbocycles. The number of pyridine rings is 1.